The average Bonchev–Trinajstić information content (AvgIpc) is 3.27. The molecule has 0 aliphatic carbocycles. The number of sulfonamides is 1. The highest BCUT2D eigenvalue weighted by Crippen LogP contribution is 2.28. The minimum absolute atomic E-state index is 0.129. The smallest absolute Gasteiger partial charge is 0.240 e. The predicted octanol–water partition coefficient (Wildman–Crippen LogP) is 3.27. The number of carbonyl (C=O) groups is 1. The number of thiophene rings is 1. The first-order valence-corrected chi connectivity index (χ1v) is 11.0. The standard InChI is InChI=1S/C17H17N3O3S3/c1-11-5-6-12(8-15(11)26(22,23)18-2)19-16(21)9-13-10-25-17(20-13)14-4-3-7-24-14/h3-8,10,18H,9H2,1-2H3,(H,19,21). The lowest BCUT2D eigenvalue weighted by molar-refractivity contribution is -0.115. The molecule has 0 atom stereocenters. The van der Waals surface area contributed by atoms with Gasteiger partial charge < -0.3 is 5.32 Å². The topological polar surface area (TPSA) is 88.2 Å². The Hall–Kier alpha value is -2.07. The van der Waals surface area contributed by atoms with Crippen molar-refractivity contribution in [1.82, 2.24) is 9.71 Å². The van der Waals surface area contributed by atoms with Crippen molar-refractivity contribution >= 4 is 44.3 Å². The summed E-state index contributed by atoms with van der Waals surface area (Å²) in [6.45, 7) is 1.71. The number of nitrogens with one attached hydrogen (secondary N) is 2. The Balaban J connectivity index is 1.72. The van der Waals surface area contributed by atoms with Crippen LogP contribution < -0.4 is 10.0 Å². The third-order valence-electron chi connectivity index (χ3n) is 3.66. The molecule has 1 aromatic carbocycles. The maximum Gasteiger partial charge on any atom is 0.240 e. The molecule has 0 fully saturated rings. The first kappa shape index (κ1) is 18.7. The van der Waals surface area contributed by atoms with Gasteiger partial charge >= 0.3 is 0 Å². The molecule has 136 valence electrons. The number of anilines is 1. The normalized spacial score (nSPS) is 11.5. The Morgan fingerprint density at radius 3 is 2.73 bits per heavy atom. The number of carbonyl (C=O) groups excluding carboxylic acids is 1. The third kappa shape index (κ3) is 4.18. The Bertz CT molecular complexity index is 1020. The van der Waals surface area contributed by atoms with Crippen LogP contribution in [0.4, 0.5) is 5.69 Å². The summed E-state index contributed by atoms with van der Waals surface area (Å²) < 4.78 is 26.4. The van der Waals surface area contributed by atoms with Crippen LogP contribution in [-0.4, -0.2) is 26.4 Å². The molecule has 1 amide bonds. The van der Waals surface area contributed by atoms with E-state index in [9.17, 15) is 13.2 Å². The van der Waals surface area contributed by atoms with Crippen molar-refractivity contribution in [3.05, 3.63) is 52.3 Å². The molecule has 9 heteroatoms. The maximum absolute atomic E-state index is 12.3. The van der Waals surface area contributed by atoms with Crippen LogP contribution >= 0.6 is 22.7 Å². The van der Waals surface area contributed by atoms with Crippen LogP contribution in [0.15, 0.2) is 46.0 Å². The van der Waals surface area contributed by atoms with Crippen molar-refractivity contribution in [3.63, 3.8) is 0 Å². The number of aryl methyl sites for hydroxylation is 1. The summed E-state index contributed by atoms with van der Waals surface area (Å²) in [6.07, 6.45) is 0.129. The lowest BCUT2D eigenvalue weighted by atomic mass is 10.2. The largest absolute Gasteiger partial charge is 0.326 e. The van der Waals surface area contributed by atoms with Crippen molar-refractivity contribution in [2.45, 2.75) is 18.2 Å². The van der Waals surface area contributed by atoms with Crippen LogP contribution in [0.5, 0.6) is 0 Å². The minimum atomic E-state index is -3.58. The summed E-state index contributed by atoms with van der Waals surface area (Å²) in [5, 5.41) is 7.47. The van der Waals surface area contributed by atoms with Gasteiger partial charge in [0.15, 0.2) is 0 Å². The van der Waals surface area contributed by atoms with Gasteiger partial charge in [0, 0.05) is 11.1 Å². The van der Waals surface area contributed by atoms with Crippen molar-refractivity contribution in [2.75, 3.05) is 12.4 Å². The highest BCUT2D eigenvalue weighted by atomic mass is 32.2. The highest BCUT2D eigenvalue weighted by molar-refractivity contribution is 7.89. The molecule has 26 heavy (non-hydrogen) atoms. The summed E-state index contributed by atoms with van der Waals surface area (Å²) in [5.41, 5.74) is 1.73. The van der Waals surface area contributed by atoms with Crippen LogP contribution in [-0.2, 0) is 21.2 Å². The molecule has 2 heterocycles. The molecule has 3 rings (SSSR count). The molecule has 0 saturated heterocycles. The summed E-state index contributed by atoms with van der Waals surface area (Å²) in [4.78, 5) is 18.0. The van der Waals surface area contributed by atoms with Crippen LogP contribution in [0.3, 0.4) is 0 Å². The second kappa shape index (κ2) is 7.67. The molecule has 6 nitrogen and oxygen atoms in total. The van der Waals surface area contributed by atoms with E-state index in [1.165, 1.54) is 24.5 Å². The Kier molecular flexibility index (Phi) is 5.52. The lowest BCUT2D eigenvalue weighted by Gasteiger charge is -2.10. The van der Waals surface area contributed by atoms with E-state index < -0.39 is 10.0 Å². The number of rotatable bonds is 6. The molecule has 0 radical (unpaired) electrons. The molecule has 0 unspecified atom stereocenters. The van der Waals surface area contributed by atoms with Gasteiger partial charge in [0.2, 0.25) is 15.9 Å². The minimum Gasteiger partial charge on any atom is -0.326 e. The van der Waals surface area contributed by atoms with Crippen LogP contribution in [0.2, 0.25) is 0 Å². The summed E-state index contributed by atoms with van der Waals surface area (Å²) in [5.74, 6) is -0.246. The van der Waals surface area contributed by atoms with Crippen LogP contribution in [0, 0.1) is 6.92 Å². The van der Waals surface area contributed by atoms with E-state index in [0.717, 1.165) is 9.88 Å². The SMILES string of the molecule is CNS(=O)(=O)c1cc(NC(=O)Cc2csc(-c3cccs3)n2)ccc1C. The zero-order chi connectivity index (χ0) is 18.7. The Labute approximate surface area is 160 Å². The quantitative estimate of drug-likeness (QED) is 0.656. The highest BCUT2D eigenvalue weighted by Gasteiger charge is 2.16. The van der Waals surface area contributed by atoms with Gasteiger partial charge in [-0.15, -0.1) is 22.7 Å². The molecule has 2 aromatic heterocycles. The summed E-state index contributed by atoms with van der Waals surface area (Å²) >= 11 is 3.10. The van der Waals surface area contributed by atoms with Gasteiger partial charge in [-0.25, -0.2) is 18.1 Å². The van der Waals surface area contributed by atoms with Crippen LogP contribution in [0.1, 0.15) is 11.3 Å². The molecular formula is C17H17N3O3S3. The van der Waals surface area contributed by atoms with E-state index in [0.29, 0.717) is 16.9 Å². The molecule has 3 aromatic rings. The summed E-state index contributed by atoms with van der Waals surface area (Å²) in [6, 6.07) is 8.75. The van der Waals surface area contributed by atoms with E-state index >= 15 is 0 Å². The zero-order valence-corrected chi connectivity index (χ0v) is 16.6. The number of thiazole rings is 1. The molecule has 0 aliphatic rings. The Morgan fingerprint density at radius 1 is 1.23 bits per heavy atom. The van der Waals surface area contributed by atoms with Crippen molar-refractivity contribution < 1.29 is 13.2 Å². The maximum atomic E-state index is 12.3. The van der Waals surface area contributed by atoms with Gasteiger partial charge in [-0.05, 0) is 43.1 Å². The second-order valence-electron chi connectivity index (χ2n) is 5.53. The van der Waals surface area contributed by atoms with E-state index in [4.69, 9.17) is 0 Å². The molecule has 0 bridgehead atoms. The molecule has 2 N–H and O–H groups in total. The predicted molar refractivity (Wildman–Crippen MR) is 105 cm³/mol. The van der Waals surface area contributed by atoms with E-state index in [1.807, 2.05) is 22.9 Å². The number of hydrogen-bond donors (Lipinski definition) is 2. The number of benzene rings is 1. The monoisotopic (exact) mass is 407 g/mol. The van der Waals surface area contributed by atoms with Gasteiger partial charge in [-0.2, -0.15) is 0 Å². The Morgan fingerprint density at radius 2 is 2.04 bits per heavy atom. The van der Waals surface area contributed by atoms with Gasteiger partial charge in [-0.3, -0.25) is 4.79 Å². The average molecular weight is 408 g/mol. The first-order chi connectivity index (χ1) is 12.4. The number of nitrogens with zero attached hydrogens (tertiary/aromatic N) is 1. The fourth-order valence-corrected chi connectivity index (χ4v) is 4.98. The fraction of sp³-hybridized carbons (Fsp3) is 0.176. The van der Waals surface area contributed by atoms with Crippen molar-refractivity contribution in [1.29, 1.82) is 0 Å². The van der Waals surface area contributed by atoms with Gasteiger partial charge in [0.1, 0.15) is 5.01 Å². The molecule has 0 aliphatic heterocycles. The van der Waals surface area contributed by atoms with E-state index in [2.05, 4.69) is 15.0 Å². The lowest BCUT2D eigenvalue weighted by Crippen LogP contribution is -2.20. The van der Waals surface area contributed by atoms with E-state index in [1.54, 1.807) is 30.4 Å². The number of aromatic nitrogens is 1. The zero-order valence-electron chi connectivity index (χ0n) is 14.1. The third-order valence-corrected chi connectivity index (χ3v) is 7.14. The van der Waals surface area contributed by atoms with Gasteiger partial charge in [0.05, 0.1) is 21.9 Å². The van der Waals surface area contributed by atoms with Gasteiger partial charge in [0.25, 0.3) is 0 Å². The van der Waals surface area contributed by atoms with Crippen LogP contribution in [0.25, 0.3) is 9.88 Å². The molecule has 0 spiro atoms. The first-order valence-electron chi connectivity index (χ1n) is 7.71. The number of hydrogen-bond acceptors (Lipinski definition) is 6. The second-order valence-corrected chi connectivity index (χ2v) is 9.19. The van der Waals surface area contributed by atoms with Gasteiger partial charge in [-0.1, -0.05) is 12.1 Å². The fourth-order valence-electron chi connectivity index (χ4n) is 2.35. The van der Waals surface area contributed by atoms with E-state index in [-0.39, 0.29) is 17.2 Å². The molecule has 0 saturated carbocycles. The summed E-state index contributed by atoms with van der Waals surface area (Å²) in [7, 11) is -2.22. The number of amides is 1. The van der Waals surface area contributed by atoms with Crippen molar-refractivity contribution in [2.24, 2.45) is 0 Å². The van der Waals surface area contributed by atoms with Crippen molar-refractivity contribution in [3.8, 4) is 9.88 Å². The molecular weight excluding hydrogens is 390 g/mol.